The number of aliphatic hydroxyl groups excluding tert-OH is 1. The van der Waals surface area contributed by atoms with E-state index in [2.05, 4.69) is 4.90 Å². The number of rotatable bonds is 4. The SMILES string of the molecule is Nc1cccc(/C=C/C(=O)N2CCCN(CCO)CC2)c1. The highest BCUT2D eigenvalue weighted by Crippen LogP contribution is 2.09. The van der Waals surface area contributed by atoms with Crippen LogP contribution >= 0.6 is 0 Å². The highest BCUT2D eigenvalue weighted by molar-refractivity contribution is 5.91. The quantitative estimate of drug-likeness (QED) is 0.636. The molecule has 0 aliphatic carbocycles. The maximum Gasteiger partial charge on any atom is 0.246 e. The van der Waals surface area contributed by atoms with E-state index in [0.717, 1.165) is 31.6 Å². The van der Waals surface area contributed by atoms with Gasteiger partial charge in [0.15, 0.2) is 0 Å². The molecule has 3 N–H and O–H groups in total. The summed E-state index contributed by atoms with van der Waals surface area (Å²) >= 11 is 0. The van der Waals surface area contributed by atoms with Crippen LogP contribution in [0.1, 0.15) is 12.0 Å². The van der Waals surface area contributed by atoms with Gasteiger partial charge in [-0.15, -0.1) is 0 Å². The van der Waals surface area contributed by atoms with Crippen LogP contribution in [0.5, 0.6) is 0 Å². The molecule has 114 valence electrons. The molecule has 2 rings (SSSR count). The first-order valence-electron chi connectivity index (χ1n) is 7.35. The number of nitrogens with zero attached hydrogens (tertiary/aromatic N) is 2. The second-order valence-corrected chi connectivity index (χ2v) is 5.25. The molecule has 1 aliphatic rings. The number of amides is 1. The van der Waals surface area contributed by atoms with E-state index in [1.807, 2.05) is 29.2 Å². The fraction of sp³-hybridized carbons (Fsp3) is 0.438. The molecule has 21 heavy (non-hydrogen) atoms. The van der Waals surface area contributed by atoms with Crippen molar-refractivity contribution in [3.05, 3.63) is 35.9 Å². The minimum absolute atomic E-state index is 0.0308. The molecule has 1 saturated heterocycles. The van der Waals surface area contributed by atoms with Gasteiger partial charge in [0.05, 0.1) is 6.61 Å². The van der Waals surface area contributed by atoms with Crippen molar-refractivity contribution in [2.75, 3.05) is 45.1 Å². The first-order valence-corrected chi connectivity index (χ1v) is 7.35. The lowest BCUT2D eigenvalue weighted by molar-refractivity contribution is -0.125. The van der Waals surface area contributed by atoms with Crippen LogP contribution in [0.4, 0.5) is 5.69 Å². The molecule has 1 aromatic rings. The Morgan fingerprint density at radius 3 is 2.90 bits per heavy atom. The van der Waals surface area contributed by atoms with E-state index in [1.54, 1.807) is 12.2 Å². The Morgan fingerprint density at radius 1 is 1.29 bits per heavy atom. The highest BCUT2D eigenvalue weighted by Gasteiger charge is 2.16. The summed E-state index contributed by atoms with van der Waals surface area (Å²) in [6, 6.07) is 7.46. The van der Waals surface area contributed by atoms with Crippen LogP contribution in [0.3, 0.4) is 0 Å². The van der Waals surface area contributed by atoms with Crippen LogP contribution in [0.2, 0.25) is 0 Å². The van der Waals surface area contributed by atoms with E-state index in [0.29, 0.717) is 18.8 Å². The smallest absolute Gasteiger partial charge is 0.246 e. The van der Waals surface area contributed by atoms with E-state index in [1.165, 1.54) is 0 Å². The van der Waals surface area contributed by atoms with Gasteiger partial charge in [-0.25, -0.2) is 0 Å². The molecule has 0 bridgehead atoms. The van der Waals surface area contributed by atoms with Crippen molar-refractivity contribution >= 4 is 17.7 Å². The third kappa shape index (κ3) is 4.88. The molecular weight excluding hydrogens is 266 g/mol. The van der Waals surface area contributed by atoms with E-state index < -0.39 is 0 Å². The normalized spacial score (nSPS) is 17.1. The zero-order valence-corrected chi connectivity index (χ0v) is 12.2. The van der Waals surface area contributed by atoms with Crippen LogP contribution in [0, 0.1) is 0 Å². The molecule has 0 atom stereocenters. The third-order valence-electron chi connectivity index (χ3n) is 3.65. The number of hydrogen-bond donors (Lipinski definition) is 2. The van der Waals surface area contributed by atoms with Gasteiger partial charge in [0, 0.05) is 37.9 Å². The maximum absolute atomic E-state index is 12.2. The lowest BCUT2D eigenvalue weighted by atomic mass is 10.2. The first kappa shape index (κ1) is 15.5. The summed E-state index contributed by atoms with van der Waals surface area (Å²) in [6.07, 6.45) is 4.35. The van der Waals surface area contributed by atoms with Gasteiger partial charge in [0.1, 0.15) is 0 Å². The van der Waals surface area contributed by atoms with Gasteiger partial charge in [-0.05, 0) is 36.7 Å². The van der Waals surface area contributed by atoms with Crippen LogP contribution in [0.15, 0.2) is 30.3 Å². The summed E-state index contributed by atoms with van der Waals surface area (Å²) < 4.78 is 0. The molecule has 0 saturated carbocycles. The molecule has 0 aromatic heterocycles. The van der Waals surface area contributed by atoms with Crippen molar-refractivity contribution in [3.8, 4) is 0 Å². The van der Waals surface area contributed by atoms with Gasteiger partial charge < -0.3 is 15.7 Å². The second-order valence-electron chi connectivity index (χ2n) is 5.25. The number of carbonyl (C=O) groups is 1. The molecule has 1 amide bonds. The first-order chi connectivity index (χ1) is 10.2. The van der Waals surface area contributed by atoms with Gasteiger partial charge in [0.2, 0.25) is 5.91 Å². The van der Waals surface area contributed by atoms with Crippen LogP contribution < -0.4 is 5.73 Å². The number of aliphatic hydroxyl groups is 1. The van der Waals surface area contributed by atoms with Gasteiger partial charge in [-0.1, -0.05) is 12.1 Å². The third-order valence-corrected chi connectivity index (χ3v) is 3.65. The number of β-amino-alcohol motifs (C(OH)–C–C–N with tert-alkyl or cyclic N) is 1. The Bertz CT molecular complexity index is 502. The van der Waals surface area contributed by atoms with E-state index in [-0.39, 0.29) is 12.5 Å². The molecule has 0 radical (unpaired) electrons. The molecule has 0 unspecified atom stereocenters. The fourth-order valence-electron chi connectivity index (χ4n) is 2.49. The minimum Gasteiger partial charge on any atom is -0.399 e. The standard InChI is InChI=1S/C16H23N3O2/c17-15-4-1-3-14(13-15)5-6-16(21)19-8-2-7-18(9-10-19)11-12-20/h1,3-6,13,20H,2,7-12,17H2/b6-5+. The molecule has 1 aromatic carbocycles. The van der Waals surface area contributed by atoms with Crippen molar-refractivity contribution in [3.63, 3.8) is 0 Å². The van der Waals surface area contributed by atoms with Crippen molar-refractivity contribution in [2.45, 2.75) is 6.42 Å². The van der Waals surface area contributed by atoms with Crippen LogP contribution in [-0.4, -0.2) is 60.1 Å². The summed E-state index contributed by atoms with van der Waals surface area (Å²) in [7, 11) is 0. The van der Waals surface area contributed by atoms with E-state index in [9.17, 15) is 4.79 Å². The minimum atomic E-state index is 0.0308. The average molecular weight is 289 g/mol. The van der Waals surface area contributed by atoms with Gasteiger partial charge >= 0.3 is 0 Å². The second kappa shape index (κ2) is 7.81. The van der Waals surface area contributed by atoms with Gasteiger partial charge in [-0.2, -0.15) is 0 Å². The largest absolute Gasteiger partial charge is 0.399 e. The molecular formula is C16H23N3O2. The number of anilines is 1. The van der Waals surface area contributed by atoms with Crippen molar-refractivity contribution < 1.29 is 9.90 Å². The Balaban J connectivity index is 1.91. The number of nitrogens with two attached hydrogens (primary N) is 1. The molecule has 0 spiro atoms. The van der Waals surface area contributed by atoms with Crippen molar-refractivity contribution in [2.24, 2.45) is 0 Å². The maximum atomic E-state index is 12.2. The zero-order chi connectivity index (χ0) is 15.1. The average Bonchev–Trinajstić information content (AvgIpc) is 2.71. The lowest BCUT2D eigenvalue weighted by Gasteiger charge is -2.20. The van der Waals surface area contributed by atoms with Crippen LogP contribution in [-0.2, 0) is 4.79 Å². The molecule has 1 fully saturated rings. The molecule has 5 heteroatoms. The van der Waals surface area contributed by atoms with Crippen LogP contribution in [0.25, 0.3) is 6.08 Å². The Labute approximate surface area is 125 Å². The molecule has 5 nitrogen and oxygen atoms in total. The monoisotopic (exact) mass is 289 g/mol. The van der Waals surface area contributed by atoms with Crippen molar-refractivity contribution in [1.29, 1.82) is 0 Å². The number of nitrogen functional groups attached to an aromatic ring is 1. The predicted molar refractivity (Wildman–Crippen MR) is 84.6 cm³/mol. The number of hydrogen-bond acceptors (Lipinski definition) is 4. The number of carbonyl (C=O) groups excluding carboxylic acids is 1. The summed E-state index contributed by atoms with van der Waals surface area (Å²) in [6.45, 7) is 4.08. The predicted octanol–water partition coefficient (Wildman–Crippen LogP) is 0.809. The zero-order valence-electron chi connectivity index (χ0n) is 12.2. The summed E-state index contributed by atoms with van der Waals surface area (Å²) in [5, 5.41) is 8.97. The summed E-state index contributed by atoms with van der Waals surface area (Å²) in [5.74, 6) is 0.0308. The van der Waals surface area contributed by atoms with Gasteiger partial charge in [0.25, 0.3) is 0 Å². The lowest BCUT2D eigenvalue weighted by Crippen LogP contribution is -2.35. The fourth-order valence-corrected chi connectivity index (χ4v) is 2.49. The van der Waals surface area contributed by atoms with E-state index in [4.69, 9.17) is 10.8 Å². The van der Waals surface area contributed by atoms with Crippen molar-refractivity contribution in [1.82, 2.24) is 9.80 Å². The summed E-state index contributed by atoms with van der Waals surface area (Å²) in [4.78, 5) is 16.3. The molecule has 1 heterocycles. The Morgan fingerprint density at radius 2 is 2.14 bits per heavy atom. The van der Waals surface area contributed by atoms with Gasteiger partial charge in [-0.3, -0.25) is 9.69 Å². The topological polar surface area (TPSA) is 69.8 Å². The Kier molecular flexibility index (Phi) is 5.78. The Hall–Kier alpha value is -1.85. The van der Waals surface area contributed by atoms with E-state index >= 15 is 0 Å². The summed E-state index contributed by atoms with van der Waals surface area (Å²) in [5.41, 5.74) is 7.34. The number of benzene rings is 1. The highest BCUT2D eigenvalue weighted by atomic mass is 16.3. The molecule has 1 aliphatic heterocycles.